The first-order valence-electron chi connectivity index (χ1n) is 17.5. The lowest BCUT2D eigenvalue weighted by atomic mass is 10.00. The molecule has 51 heavy (non-hydrogen) atoms. The van der Waals surface area contributed by atoms with Crippen LogP contribution in [0, 0.1) is 5.92 Å². The van der Waals surface area contributed by atoms with Crippen LogP contribution in [-0.2, 0) is 29.3 Å². The van der Waals surface area contributed by atoms with Crippen molar-refractivity contribution in [2.75, 3.05) is 32.8 Å². The zero-order chi connectivity index (χ0) is 35.9. The maximum absolute atomic E-state index is 11.8. The van der Waals surface area contributed by atoms with Crippen molar-refractivity contribution in [3.8, 4) is 22.6 Å². The minimum Gasteiger partial charge on any atom is -0.493 e. The van der Waals surface area contributed by atoms with E-state index in [1.165, 1.54) is 0 Å². The number of halogens is 2. The molecule has 272 valence electrons. The van der Waals surface area contributed by atoms with Crippen LogP contribution in [-0.4, -0.2) is 86.7 Å². The van der Waals surface area contributed by atoms with Crippen LogP contribution in [0.25, 0.3) is 22.0 Å². The number of benzene rings is 3. The Morgan fingerprint density at radius 1 is 1.06 bits per heavy atom. The van der Waals surface area contributed by atoms with Crippen molar-refractivity contribution in [3.05, 3.63) is 75.4 Å². The third-order valence-electron chi connectivity index (χ3n) is 9.74. The Morgan fingerprint density at radius 3 is 2.61 bits per heavy atom. The van der Waals surface area contributed by atoms with Gasteiger partial charge in [0.05, 0.1) is 36.1 Å². The zero-order valence-corrected chi connectivity index (χ0v) is 30.7. The number of β-amino-alcohol motifs (C(OH)–C–C–N with tert-alkyl or cyclic N) is 1. The second kappa shape index (κ2) is 17.3. The van der Waals surface area contributed by atoms with Crippen LogP contribution in [0.3, 0.4) is 0 Å². The van der Waals surface area contributed by atoms with Crippen LogP contribution in [0.5, 0.6) is 11.5 Å². The molecule has 13 heteroatoms. The monoisotopic (exact) mass is 782 g/mol. The van der Waals surface area contributed by atoms with Crippen LogP contribution in [0.1, 0.15) is 49.7 Å². The number of aryl methyl sites for hydroxylation is 1. The van der Waals surface area contributed by atoms with E-state index in [0.29, 0.717) is 41.5 Å². The van der Waals surface area contributed by atoms with Gasteiger partial charge in [-0.15, -0.1) is 0 Å². The molecule has 1 aliphatic carbocycles. The fourth-order valence-electron chi connectivity index (χ4n) is 6.85. The lowest BCUT2D eigenvalue weighted by Crippen LogP contribution is -2.39. The Balaban J connectivity index is 1.16. The Hall–Kier alpha value is -3.52. The lowest BCUT2D eigenvalue weighted by Gasteiger charge is -2.19. The van der Waals surface area contributed by atoms with Gasteiger partial charge < -0.3 is 29.7 Å². The third-order valence-corrected chi connectivity index (χ3v) is 11.0. The first-order valence-corrected chi connectivity index (χ1v) is 18.7. The number of hydrogen-bond donors (Lipinski definition) is 4. The molecule has 2 aliphatic rings. The molecule has 1 saturated heterocycles. The number of fused-ring (bicyclic) bond motifs is 1. The summed E-state index contributed by atoms with van der Waals surface area (Å²) in [6.07, 6.45) is 6.43. The number of Topliss-reactive ketones (excluding diaryl/α,β-unsaturated/α-hetero) is 1. The van der Waals surface area contributed by atoms with Gasteiger partial charge in [-0.2, -0.15) is 5.10 Å². The molecule has 6 rings (SSSR count). The van der Waals surface area contributed by atoms with E-state index in [1.807, 2.05) is 18.3 Å². The molecule has 0 radical (unpaired) electrons. The summed E-state index contributed by atoms with van der Waals surface area (Å²) in [5, 5.41) is 37.6. The van der Waals surface area contributed by atoms with Gasteiger partial charge in [-0.1, -0.05) is 41.9 Å². The highest BCUT2D eigenvalue weighted by atomic mass is 79.9. The average molecular weight is 784 g/mol. The number of carbonyl (C=O) groups is 2. The standard InChI is InChI=1S/C38H44BrClN4O7/c39-37-25(5-3-7-30(37)29-6-4-8-34-31(29)19-42-44(34)13-2-1-12-43-14-11-28(47)20-43)23-51-36-17-35(50-22-24-9-10-27(46)15-24)26(16-32(36)40)18-41-33(21-45)38(48)49/h3-8,16-17,19,24,28,33,41,45,47H,1-2,9-15,18,20-23H2,(H,48,49)/t24-,28-,33+/m1/s1. The number of hydrogen-bond acceptors (Lipinski definition) is 9. The van der Waals surface area contributed by atoms with Crippen LogP contribution < -0.4 is 14.8 Å². The van der Waals surface area contributed by atoms with Crippen molar-refractivity contribution in [1.29, 1.82) is 0 Å². The molecule has 0 unspecified atom stereocenters. The van der Waals surface area contributed by atoms with Gasteiger partial charge in [0.15, 0.2) is 0 Å². The largest absolute Gasteiger partial charge is 0.493 e. The molecule has 0 spiro atoms. The van der Waals surface area contributed by atoms with Gasteiger partial charge in [-0.05, 0) is 71.4 Å². The number of ether oxygens (including phenoxy) is 2. The minimum atomic E-state index is -1.17. The van der Waals surface area contributed by atoms with Gasteiger partial charge in [0.25, 0.3) is 0 Å². The summed E-state index contributed by atoms with van der Waals surface area (Å²) in [4.78, 5) is 25.6. The number of aliphatic hydroxyl groups is 2. The topological polar surface area (TPSA) is 146 Å². The molecule has 3 aromatic carbocycles. The number of carbonyl (C=O) groups excluding carboxylic acids is 1. The molecule has 3 atom stereocenters. The fourth-order valence-corrected chi connectivity index (χ4v) is 7.68. The molecule has 2 heterocycles. The summed E-state index contributed by atoms with van der Waals surface area (Å²) in [7, 11) is 0. The number of aromatic nitrogens is 2. The Morgan fingerprint density at radius 2 is 1.86 bits per heavy atom. The number of aliphatic carboxylic acids is 1. The van der Waals surface area contributed by atoms with E-state index in [2.05, 4.69) is 55.1 Å². The van der Waals surface area contributed by atoms with Crippen molar-refractivity contribution in [3.63, 3.8) is 0 Å². The summed E-state index contributed by atoms with van der Waals surface area (Å²) in [5.41, 5.74) is 4.65. The van der Waals surface area contributed by atoms with E-state index >= 15 is 0 Å². The molecular weight excluding hydrogens is 740 g/mol. The summed E-state index contributed by atoms with van der Waals surface area (Å²) in [6, 6.07) is 14.5. The highest BCUT2D eigenvalue weighted by Gasteiger charge is 2.24. The van der Waals surface area contributed by atoms with Gasteiger partial charge in [-0.25, -0.2) is 0 Å². The van der Waals surface area contributed by atoms with E-state index < -0.39 is 18.6 Å². The third kappa shape index (κ3) is 9.29. The van der Waals surface area contributed by atoms with E-state index in [4.69, 9.17) is 26.2 Å². The summed E-state index contributed by atoms with van der Waals surface area (Å²) >= 11 is 10.5. The highest BCUT2D eigenvalue weighted by molar-refractivity contribution is 9.10. The van der Waals surface area contributed by atoms with E-state index in [9.17, 15) is 24.9 Å². The Bertz CT molecular complexity index is 1850. The first-order chi connectivity index (χ1) is 24.7. The number of nitrogens with one attached hydrogen (secondary N) is 1. The number of unbranched alkanes of at least 4 members (excludes halogenated alkanes) is 1. The maximum Gasteiger partial charge on any atom is 0.323 e. The number of carboxylic acid groups (broad SMARTS) is 1. The van der Waals surface area contributed by atoms with Crippen molar-refractivity contribution in [1.82, 2.24) is 20.0 Å². The molecule has 4 N–H and O–H groups in total. The minimum absolute atomic E-state index is 0.0930. The SMILES string of the molecule is O=C1CC[C@@H](COc2cc(OCc3cccc(-c4cccc5c4cnn5CCCCN4CC[C@@H](O)C4)c3Br)c(Cl)cc2CN[C@@H](CO)C(=O)O)C1. The second-order valence-electron chi connectivity index (χ2n) is 13.4. The number of carboxylic acids is 1. The van der Waals surface area contributed by atoms with Gasteiger partial charge >= 0.3 is 5.97 Å². The average Bonchev–Trinajstić information content (AvgIpc) is 3.86. The van der Waals surface area contributed by atoms with Crippen molar-refractivity contribution >= 4 is 50.2 Å². The summed E-state index contributed by atoms with van der Waals surface area (Å²) < 4.78 is 15.4. The van der Waals surface area contributed by atoms with Gasteiger partial charge in [0, 0.05) is 72.0 Å². The van der Waals surface area contributed by atoms with Crippen LogP contribution in [0.2, 0.25) is 5.02 Å². The molecule has 0 bridgehead atoms. The number of aliphatic hydroxyl groups excluding tert-OH is 2. The van der Waals surface area contributed by atoms with Crippen molar-refractivity contribution < 1.29 is 34.4 Å². The molecular formula is C38H44BrClN4O7. The molecule has 11 nitrogen and oxygen atoms in total. The predicted molar refractivity (Wildman–Crippen MR) is 198 cm³/mol. The number of nitrogens with zero attached hydrogens (tertiary/aromatic N) is 3. The van der Waals surface area contributed by atoms with Crippen LogP contribution in [0.15, 0.2) is 59.2 Å². The second-order valence-corrected chi connectivity index (χ2v) is 14.6. The highest BCUT2D eigenvalue weighted by Crippen LogP contribution is 2.38. The normalized spacial score (nSPS) is 18.5. The van der Waals surface area contributed by atoms with Gasteiger partial charge in [0.1, 0.15) is 29.9 Å². The van der Waals surface area contributed by atoms with Crippen LogP contribution >= 0.6 is 27.5 Å². The summed E-state index contributed by atoms with van der Waals surface area (Å²) in [5.74, 6) is 0.0286. The molecule has 2 fully saturated rings. The van der Waals surface area contributed by atoms with E-state index in [0.717, 1.165) is 83.9 Å². The van der Waals surface area contributed by atoms with Gasteiger partial charge in [-0.3, -0.25) is 19.6 Å². The molecule has 1 aromatic heterocycles. The van der Waals surface area contributed by atoms with Gasteiger partial charge in [0.2, 0.25) is 0 Å². The Labute approximate surface area is 310 Å². The molecule has 4 aromatic rings. The first kappa shape index (κ1) is 37.2. The lowest BCUT2D eigenvalue weighted by molar-refractivity contribution is -0.140. The maximum atomic E-state index is 11.8. The van der Waals surface area contributed by atoms with E-state index in [-0.39, 0.29) is 31.0 Å². The number of likely N-dealkylation sites (tertiary alicyclic amines) is 1. The molecule has 1 saturated carbocycles. The van der Waals surface area contributed by atoms with Crippen LogP contribution in [0.4, 0.5) is 0 Å². The Kier molecular flexibility index (Phi) is 12.7. The predicted octanol–water partition coefficient (Wildman–Crippen LogP) is 5.83. The quantitative estimate of drug-likeness (QED) is 0.0966. The summed E-state index contributed by atoms with van der Waals surface area (Å²) in [6.45, 7) is 3.61. The van der Waals surface area contributed by atoms with Crippen molar-refractivity contribution in [2.45, 2.75) is 70.4 Å². The molecule has 0 amide bonds. The van der Waals surface area contributed by atoms with Crippen molar-refractivity contribution in [2.24, 2.45) is 5.92 Å². The fraction of sp³-hybridized carbons (Fsp3) is 0.447. The van der Waals surface area contributed by atoms with E-state index in [1.54, 1.807) is 12.1 Å². The number of rotatable bonds is 17. The number of ketones is 1. The smallest absolute Gasteiger partial charge is 0.323 e. The molecule has 1 aliphatic heterocycles. The zero-order valence-electron chi connectivity index (χ0n) is 28.4.